The molecule has 0 unspecified atom stereocenters. The summed E-state index contributed by atoms with van der Waals surface area (Å²) in [6.07, 6.45) is 1.24. The molecule has 0 saturated carbocycles. The van der Waals surface area contributed by atoms with Crippen molar-refractivity contribution in [2.24, 2.45) is 23.5 Å². The zero-order chi connectivity index (χ0) is 13.8. The Morgan fingerprint density at radius 2 is 1.72 bits per heavy atom. The number of nitrogens with one attached hydrogen (secondary N) is 1. The fourth-order valence-electron chi connectivity index (χ4n) is 2.59. The largest absolute Gasteiger partial charge is 0.381 e. The number of nitrogens with two attached hydrogens (primary N) is 1. The Morgan fingerprint density at radius 3 is 2.17 bits per heavy atom. The van der Waals surface area contributed by atoms with Gasteiger partial charge in [-0.1, -0.05) is 27.7 Å². The number of hydrogen-bond acceptors (Lipinski definition) is 3. The van der Waals surface area contributed by atoms with Gasteiger partial charge in [0.2, 0.25) is 5.91 Å². The van der Waals surface area contributed by atoms with E-state index in [1.54, 1.807) is 0 Å². The quantitative estimate of drug-likeness (QED) is 0.784. The van der Waals surface area contributed by atoms with Crippen LogP contribution in [0.4, 0.5) is 0 Å². The van der Waals surface area contributed by atoms with Crippen molar-refractivity contribution in [3.8, 4) is 0 Å². The lowest BCUT2D eigenvalue weighted by atomic mass is 9.85. The average Bonchev–Trinajstić information content (AvgIpc) is 2.29. The zero-order valence-corrected chi connectivity index (χ0v) is 12.2. The second-order valence-electron chi connectivity index (χ2n) is 6.13. The minimum absolute atomic E-state index is 0.0166. The second kappa shape index (κ2) is 6.53. The summed E-state index contributed by atoms with van der Waals surface area (Å²) in [4.78, 5) is 12.2. The maximum Gasteiger partial charge on any atom is 0.240 e. The van der Waals surface area contributed by atoms with Crippen LogP contribution in [0, 0.1) is 17.8 Å². The summed E-state index contributed by atoms with van der Waals surface area (Å²) >= 11 is 0. The fraction of sp³-hybridized carbons (Fsp3) is 0.929. The van der Waals surface area contributed by atoms with Crippen molar-refractivity contribution in [3.63, 3.8) is 0 Å². The van der Waals surface area contributed by atoms with E-state index in [0.717, 1.165) is 0 Å². The highest BCUT2D eigenvalue weighted by atomic mass is 16.5. The molecule has 1 aliphatic rings. The van der Waals surface area contributed by atoms with Crippen LogP contribution in [0.2, 0.25) is 0 Å². The number of carbonyl (C=O) groups excluding carboxylic acids is 1. The Kier molecular flexibility index (Phi) is 5.60. The summed E-state index contributed by atoms with van der Waals surface area (Å²) in [6.45, 7) is 10.7. The van der Waals surface area contributed by atoms with E-state index in [1.165, 1.54) is 0 Å². The van der Waals surface area contributed by atoms with E-state index in [9.17, 15) is 4.79 Å². The van der Waals surface area contributed by atoms with Crippen LogP contribution in [0.15, 0.2) is 0 Å². The molecule has 0 aromatic rings. The van der Waals surface area contributed by atoms with Crippen LogP contribution in [0.25, 0.3) is 0 Å². The van der Waals surface area contributed by atoms with Crippen LogP contribution in [-0.4, -0.2) is 31.2 Å². The van der Waals surface area contributed by atoms with Crippen LogP contribution in [-0.2, 0) is 9.53 Å². The first kappa shape index (κ1) is 15.4. The van der Waals surface area contributed by atoms with Crippen molar-refractivity contribution in [2.75, 3.05) is 19.8 Å². The standard InChI is InChI=1S/C14H28N2O2/c1-10(2)12(11(3)4)9-16-13(17)14(15)5-7-18-8-6-14/h10-12H,5-9,15H2,1-4H3,(H,16,17). The number of carbonyl (C=O) groups is 1. The summed E-state index contributed by atoms with van der Waals surface area (Å²) in [6, 6.07) is 0. The topological polar surface area (TPSA) is 64.4 Å². The monoisotopic (exact) mass is 256 g/mol. The number of ether oxygens (including phenoxy) is 1. The van der Waals surface area contributed by atoms with Gasteiger partial charge in [0.25, 0.3) is 0 Å². The molecule has 0 aromatic heterocycles. The molecule has 4 heteroatoms. The molecule has 0 aliphatic carbocycles. The van der Waals surface area contributed by atoms with E-state index in [1.807, 2.05) is 0 Å². The van der Waals surface area contributed by atoms with Gasteiger partial charge >= 0.3 is 0 Å². The molecule has 0 atom stereocenters. The number of rotatable bonds is 5. The first-order valence-corrected chi connectivity index (χ1v) is 7.02. The lowest BCUT2D eigenvalue weighted by Gasteiger charge is -2.33. The molecule has 18 heavy (non-hydrogen) atoms. The van der Waals surface area contributed by atoms with E-state index in [-0.39, 0.29) is 5.91 Å². The van der Waals surface area contributed by atoms with E-state index in [4.69, 9.17) is 10.5 Å². The molecule has 1 aliphatic heterocycles. The van der Waals surface area contributed by atoms with Crippen molar-refractivity contribution in [2.45, 2.75) is 46.1 Å². The molecule has 0 bridgehead atoms. The van der Waals surface area contributed by atoms with Gasteiger partial charge in [0.05, 0.1) is 5.54 Å². The first-order valence-electron chi connectivity index (χ1n) is 7.02. The van der Waals surface area contributed by atoms with E-state index in [2.05, 4.69) is 33.0 Å². The van der Waals surface area contributed by atoms with E-state index < -0.39 is 5.54 Å². The Hall–Kier alpha value is -0.610. The lowest BCUT2D eigenvalue weighted by molar-refractivity contribution is -0.130. The lowest BCUT2D eigenvalue weighted by Crippen LogP contribution is -2.57. The molecule has 1 fully saturated rings. The van der Waals surface area contributed by atoms with Crippen molar-refractivity contribution in [1.82, 2.24) is 5.32 Å². The van der Waals surface area contributed by atoms with Crippen LogP contribution in [0.1, 0.15) is 40.5 Å². The molecule has 0 radical (unpaired) electrons. The molecule has 4 nitrogen and oxygen atoms in total. The minimum Gasteiger partial charge on any atom is -0.381 e. The summed E-state index contributed by atoms with van der Waals surface area (Å²) in [5.74, 6) is 1.61. The number of amides is 1. The van der Waals surface area contributed by atoms with Crippen LogP contribution >= 0.6 is 0 Å². The van der Waals surface area contributed by atoms with Gasteiger partial charge in [0.1, 0.15) is 0 Å². The molecule has 1 heterocycles. The van der Waals surface area contributed by atoms with E-state index in [0.29, 0.717) is 50.4 Å². The highest BCUT2D eigenvalue weighted by Crippen LogP contribution is 2.21. The molecule has 1 amide bonds. The molecular formula is C14H28N2O2. The third-order valence-corrected chi connectivity index (χ3v) is 4.05. The van der Waals surface area contributed by atoms with Gasteiger partial charge in [-0.05, 0) is 30.6 Å². The normalized spacial score (nSPS) is 19.6. The molecule has 1 saturated heterocycles. The van der Waals surface area contributed by atoms with Gasteiger partial charge in [-0.25, -0.2) is 0 Å². The Labute approximate surface area is 111 Å². The van der Waals surface area contributed by atoms with Crippen molar-refractivity contribution in [1.29, 1.82) is 0 Å². The average molecular weight is 256 g/mol. The van der Waals surface area contributed by atoms with Crippen molar-refractivity contribution < 1.29 is 9.53 Å². The van der Waals surface area contributed by atoms with Crippen molar-refractivity contribution in [3.05, 3.63) is 0 Å². The summed E-state index contributed by atoms with van der Waals surface area (Å²) in [7, 11) is 0. The zero-order valence-electron chi connectivity index (χ0n) is 12.2. The van der Waals surface area contributed by atoms with Crippen LogP contribution in [0.3, 0.4) is 0 Å². The van der Waals surface area contributed by atoms with Gasteiger partial charge in [-0.15, -0.1) is 0 Å². The van der Waals surface area contributed by atoms with Gasteiger partial charge in [0, 0.05) is 19.8 Å². The number of hydrogen-bond donors (Lipinski definition) is 2. The van der Waals surface area contributed by atoms with Gasteiger partial charge in [-0.2, -0.15) is 0 Å². The maximum absolute atomic E-state index is 12.2. The Balaban J connectivity index is 2.48. The summed E-state index contributed by atoms with van der Waals surface area (Å²) in [5.41, 5.74) is 5.42. The van der Waals surface area contributed by atoms with Gasteiger partial charge in [-0.3, -0.25) is 4.79 Å². The second-order valence-corrected chi connectivity index (χ2v) is 6.13. The third kappa shape index (κ3) is 3.95. The van der Waals surface area contributed by atoms with Gasteiger partial charge in [0.15, 0.2) is 0 Å². The third-order valence-electron chi connectivity index (χ3n) is 4.05. The molecule has 3 N–H and O–H groups in total. The van der Waals surface area contributed by atoms with Crippen molar-refractivity contribution >= 4 is 5.91 Å². The highest BCUT2D eigenvalue weighted by Gasteiger charge is 2.36. The maximum atomic E-state index is 12.2. The predicted molar refractivity (Wildman–Crippen MR) is 73.1 cm³/mol. The minimum atomic E-state index is -0.725. The summed E-state index contributed by atoms with van der Waals surface area (Å²) in [5, 5.41) is 3.04. The van der Waals surface area contributed by atoms with E-state index >= 15 is 0 Å². The van der Waals surface area contributed by atoms with Crippen LogP contribution < -0.4 is 11.1 Å². The van der Waals surface area contributed by atoms with Crippen LogP contribution in [0.5, 0.6) is 0 Å². The Morgan fingerprint density at radius 1 is 1.22 bits per heavy atom. The predicted octanol–water partition coefficient (Wildman–Crippen LogP) is 1.54. The molecule has 0 aromatic carbocycles. The Bertz CT molecular complexity index is 263. The molecule has 1 rings (SSSR count). The molecular weight excluding hydrogens is 228 g/mol. The molecule has 106 valence electrons. The molecule has 0 spiro atoms. The first-order chi connectivity index (χ1) is 8.37. The summed E-state index contributed by atoms with van der Waals surface area (Å²) < 4.78 is 5.26. The fourth-order valence-corrected chi connectivity index (χ4v) is 2.59. The van der Waals surface area contributed by atoms with Gasteiger partial charge < -0.3 is 15.8 Å². The smallest absolute Gasteiger partial charge is 0.240 e. The highest BCUT2D eigenvalue weighted by molar-refractivity contribution is 5.86. The SMILES string of the molecule is CC(C)C(CNC(=O)C1(N)CCOCC1)C(C)C.